The van der Waals surface area contributed by atoms with Crippen molar-refractivity contribution >= 4 is 27.3 Å². The van der Waals surface area contributed by atoms with Gasteiger partial charge in [0.15, 0.2) is 0 Å². The van der Waals surface area contributed by atoms with Crippen LogP contribution >= 0.6 is 11.3 Å². The monoisotopic (exact) mass is 392 g/mol. The van der Waals surface area contributed by atoms with Crippen LogP contribution in [0.2, 0.25) is 0 Å². The summed E-state index contributed by atoms with van der Waals surface area (Å²) in [5.74, 6) is -0.412. The van der Waals surface area contributed by atoms with Crippen LogP contribution in [0.15, 0.2) is 51.2 Å². The van der Waals surface area contributed by atoms with Crippen molar-refractivity contribution in [2.45, 2.75) is 11.4 Å². The molecular formula is C16H16N4O4S2. The van der Waals surface area contributed by atoms with Crippen LogP contribution < -0.4 is 5.32 Å². The van der Waals surface area contributed by atoms with Gasteiger partial charge in [-0.25, -0.2) is 12.7 Å². The molecule has 0 saturated carbocycles. The fourth-order valence-electron chi connectivity index (χ4n) is 2.08. The first-order valence-electron chi connectivity index (χ1n) is 7.55. The van der Waals surface area contributed by atoms with E-state index in [2.05, 4.69) is 15.5 Å². The minimum absolute atomic E-state index is 0.151. The third kappa shape index (κ3) is 3.82. The number of carbonyl (C=O) groups is 1. The molecule has 1 aromatic carbocycles. The molecule has 2 aromatic heterocycles. The van der Waals surface area contributed by atoms with Gasteiger partial charge in [0.05, 0.1) is 11.4 Å². The topological polar surface area (TPSA) is 105 Å². The van der Waals surface area contributed by atoms with Crippen LogP contribution in [0.1, 0.15) is 15.6 Å². The van der Waals surface area contributed by atoms with E-state index in [1.807, 2.05) is 17.5 Å². The molecule has 3 aromatic rings. The summed E-state index contributed by atoms with van der Waals surface area (Å²) in [6.07, 6.45) is 0. The van der Waals surface area contributed by atoms with E-state index >= 15 is 0 Å². The van der Waals surface area contributed by atoms with Gasteiger partial charge in [0.2, 0.25) is 15.8 Å². The molecule has 0 fully saturated rings. The summed E-state index contributed by atoms with van der Waals surface area (Å²) >= 11 is 1.53. The van der Waals surface area contributed by atoms with Gasteiger partial charge in [0.25, 0.3) is 0 Å². The minimum Gasteiger partial charge on any atom is -0.343 e. The molecule has 0 aliphatic heterocycles. The van der Waals surface area contributed by atoms with Gasteiger partial charge in [0, 0.05) is 24.5 Å². The van der Waals surface area contributed by atoms with Crippen LogP contribution in [0, 0.1) is 0 Å². The maximum atomic E-state index is 12.1. The lowest BCUT2D eigenvalue weighted by molar-refractivity contribution is 0.0907. The van der Waals surface area contributed by atoms with Crippen LogP contribution in [0.25, 0.3) is 11.4 Å². The Morgan fingerprint density at radius 3 is 2.58 bits per heavy atom. The summed E-state index contributed by atoms with van der Waals surface area (Å²) < 4.78 is 30.3. The standard InChI is InChI=1S/C16H16N4O4S2/c1-20(2)26(22,23)13-7-5-11(6-8-13)14-18-16(24-19-14)15(21)17-10-12-4-3-9-25-12/h3-9H,10H2,1-2H3,(H,17,21). The summed E-state index contributed by atoms with van der Waals surface area (Å²) in [5.41, 5.74) is 0.545. The average molecular weight is 392 g/mol. The molecule has 26 heavy (non-hydrogen) atoms. The van der Waals surface area contributed by atoms with Crippen molar-refractivity contribution in [1.29, 1.82) is 0 Å². The summed E-state index contributed by atoms with van der Waals surface area (Å²) in [5, 5.41) is 8.40. The second-order valence-corrected chi connectivity index (χ2v) is 8.68. The van der Waals surface area contributed by atoms with E-state index in [0.29, 0.717) is 12.1 Å². The second kappa shape index (κ2) is 7.36. The summed E-state index contributed by atoms with van der Waals surface area (Å²) in [6, 6.07) is 9.85. The first-order valence-corrected chi connectivity index (χ1v) is 9.87. The Hall–Kier alpha value is -2.56. The van der Waals surface area contributed by atoms with Gasteiger partial charge in [-0.15, -0.1) is 11.3 Å². The number of nitrogens with zero attached hydrogens (tertiary/aromatic N) is 3. The fourth-order valence-corrected chi connectivity index (χ4v) is 3.62. The number of amides is 1. The Kier molecular flexibility index (Phi) is 5.16. The van der Waals surface area contributed by atoms with E-state index in [1.54, 1.807) is 12.1 Å². The number of carbonyl (C=O) groups excluding carboxylic acids is 1. The van der Waals surface area contributed by atoms with E-state index in [1.165, 1.54) is 37.6 Å². The SMILES string of the molecule is CN(C)S(=O)(=O)c1ccc(-c2noc(C(=O)NCc3cccs3)n2)cc1. The Balaban J connectivity index is 1.72. The molecular weight excluding hydrogens is 376 g/mol. The van der Waals surface area contributed by atoms with Crippen LogP contribution in [0.4, 0.5) is 0 Å². The molecule has 0 radical (unpaired) electrons. The number of sulfonamides is 1. The lowest BCUT2D eigenvalue weighted by Gasteiger charge is -2.11. The molecule has 0 aliphatic rings. The molecule has 136 valence electrons. The van der Waals surface area contributed by atoms with Crippen molar-refractivity contribution in [1.82, 2.24) is 19.8 Å². The maximum Gasteiger partial charge on any atom is 0.316 e. The van der Waals surface area contributed by atoms with E-state index < -0.39 is 15.9 Å². The number of hydrogen-bond acceptors (Lipinski definition) is 7. The van der Waals surface area contributed by atoms with Crippen LogP contribution in [0.5, 0.6) is 0 Å². The molecule has 8 nitrogen and oxygen atoms in total. The zero-order valence-electron chi connectivity index (χ0n) is 14.0. The Morgan fingerprint density at radius 1 is 1.23 bits per heavy atom. The summed E-state index contributed by atoms with van der Waals surface area (Å²) in [6.45, 7) is 0.380. The number of aromatic nitrogens is 2. The molecule has 3 rings (SSSR count). The van der Waals surface area contributed by atoms with Gasteiger partial charge < -0.3 is 9.84 Å². The van der Waals surface area contributed by atoms with Crippen molar-refractivity contribution in [2.75, 3.05) is 14.1 Å². The van der Waals surface area contributed by atoms with Crippen molar-refractivity contribution in [3.05, 3.63) is 52.5 Å². The fraction of sp³-hybridized carbons (Fsp3) is 0.188. The van der Waals surface area contributed by atoms with Crippen LogP contribution in [0.3, 0.4) is 0 Å². The predicted molar refractivity (Wildman–Crippen MR) is 96.1 cm³/mol. The zero-order valence-corrected chi connectivity index (χ0v) is 15.7. The first-order chi connectivity index (χ1) is 12.4. The number of nitrogens with one attached hydrogen (secondary N) is 1. The number of benzene rings is 1. The van der Waals surface area contributed by atoms with Crippen LogP contribution in [-0.4, -0.2) is 42.9 Å². The van der Waals surface area contributed by atoms with E-state index in [0.717, 1.165) is 9.18 Å². The van der Waals surface area contributed by atoms with Crippen molar-refractivity contribution in [3.8, 4) is 11.4 Å². The highest BCUT2D eigenvalue weighted by Gasteiger charge is 2.19. The van der Waals surface area contributed by atoms with Gasteiger partial charge >= 0.3 is 11.8 Å². The van der Waals surface area contributed by atoms with Gasteiger partial charge in [0.1, 0.15) is 0 Å². The molecule has 0 saturated heterocycles. The van der Waals surface area contributed by atoms with Gasteiger partial charge in [-0.05, 0) is 35.7 Å². The van der Waals surface area contributed by atoms with Crippen molar-refractivity contribution < 1.29 is 17.7 Å². The number of thiophene rings is 1. The molecule has 0 spiro atoms. The lowest BCUT2D eigenvalue weighted by atomic mass is 10.2. The third-order valence-electron chi connectivity index (χ3n) is 3.51. The Labute approximate surface area is 154 Å². The zero-order chi connectivity index (χ0) is 18.7. The minimum atomic E-state index is -3.51. The van der Waals surface area contributed by atoms with E-state index in [4.69, 9.17) is 4.52 Å². The summed E-state index contributed by atoms with van der Waals surface area (Å²) in [4.78, 5) is 17.3. The average Bonchev–Trinajstić information content (AvgIpc) is 3.31. The van der Waals surface area contributed by atoms with Crippen molar-refractivity contribution in [3.63, 3.8) is 0 Å². The molecule has 2 heterocycles. The molecule has 10 heteroatoms. The Morgan fingerprint density at radius 2 is 1.96 bits per heavy atom. The molecule has 0 bridgehead atoms. The second-order valence-electron chi connectivity index (χ2n) is 5.50. The quantitative estimate of drug-likeness (QED) is 0.688. The molecule has 0 unspecified atom stereocenters. The lowest BCUT2D eigenvalue weighted by Crippen LogP contribution is -2.22. The van der Waals surface area contributed by atoms with E-state index in [-0.39, 0.29) is 16.6 Å². The largest absolute Gasteiger partial charge is 0.343 e. The van der Waals surface area contributed by atoms with Gasteiger partial charge in [-0.3, -0.25) is 4.79 Å². The van der Waals surface area contributed by atoms with Crippen LogP contribution in [-0.2, 0) is 16.6 Å². The highest BCUT2D eigenvalue weighted by molar-refractivity contribution is 7.89. The highest BCUT2D eigenvalue weighted by atomic mass is 32.2. The number of rotatable bonds is 6. The number of hydrogen-bond donors (Lipinski definition) is 1. The Bertz CT molecular complexity index is 993. The summed E-state index contributed by atoms with van der Waals surface area (Å²) in [7, 11) is -0.583. The maximum absolute atomic E-state index is 12.1. The molecule has 1 amide bonds. The van der Waals surface area contributed by atoms with Gasteiger partial charge in [-0.1, -0.05) is 11.2 Å². The first kappa shape index (κ1) is 18.2. The van der Waals surface area contributed by atoms with Gasteiger partial charge in [-0.2, -0.15) is 4.98 Å². The molecule has 0 atom stereocenters. The predicted octanol–water partition coefficient (Wildman–Crippen LogP) is 1.98. The van der Waals surface area contributed by atoms with E-state index in [9.17, 15) is 13.2 Å². The highest BCUT2D eigenvalue weighted by Crippen LogP contribution is 2.20. The normalized spacial score (nSPS) is 11.7. The van der Waals surface area contributed by atoms with Crippen molar-refractivity contribution in [2.24, 2.45) is 0 Å². The molecule has 0 aliphatic carbocycles. The molecule has 1 N–H and O–H groups in total. The third-order valence-corrected chi connectivity index (χ3v) is 6.22. The smallest absolute Gasteiger partial charge is 0.316 e.